The molecule has 0 bridgehead atoms. The Labute approximate surface area is 102 Å². The van der Waals surface area contributed by atoms with Crippen LogP contribution >= 0.6 is 0 Å². The minimum absolute atomic E-state index is 0.0986. The van der Waals surface area contributed by atoms with Crippen molar-refractivity contribution in [3.63, 3.8) is 0 Å². The standard InChI is InChI=1S/C13H20N2O2/c16-11-9-14-12(17)13(7-3-4-8-13)15(11)10-5-1-2-6-10/h10H,1-9H2,(H,14,17). The van der Waals surface area contributed by atoms with E-state index in [-0.39, 0.29) is 18.4 Å². The fourth-order valence-electron chi connectivity index (χ4n) is 3.90. The van der Waals surface area contributed by atoms with Crippen LogP contribution in [0.5, 0.6) is 0 Å². The van der Waals surface area contributed by atoms with Gasteiger partial charge in [-0.25, -0.2) is 0 Å². The van der Waals surface area contributed by atoms with E-state index in [1.54, 1.807) is 0 Å². The monoisotopic (exact) mass is 236 g/mol. The molecule has 2 aliphatic carbocycles. The maximum Gasteiger partial charge on any atom is 0.246 e. The summed E-state index contributed by atoms with van der Waals surface area (Å²) in [7, 11) is 0. The molecule has 0 radical (unpaired) electrons. The van der Waals surface area contributed by atoms with Crippen molar-refractivity contribution in [2.75, 3.05) is 6.54 Å². The summed E-state index contributed by atoms with van der Waals surface area (Å²) in [5.74, 6) is 0.236. The van der Waals surface area contributed by atoms with Gasteiger partial charge in [-0.05, 0) is 25.7 Å². The lowest BCUT2D eigenvalue weighted by Crippen LogP contribution is -2.68. The summed E-state index contributed by atoms with van der Waals surface area (Å²) in [5.41, 5.74) is -0.482. The summed E-state index contributed by atoms with van der Waals surface area (Å²) >= 11 is 0. The molecule has 3 aliphatic rings. The van der Waals surface area contributed by atoms with E-state index < -0.39 is 5.54 Å². The van der Waals surface area contributed by atoms with Crippen molar-refractivity contribution in [3.05, 3.63) is 0 Å². The second-order valence-electron chi connectivity index (χ2n) is 5.62. The van der Waals surface area contributed by atoms with Gasteiger partial charge in [0.05, 0.1) is 6.54 Å². The van der Waals surface area contributed by atoms with E-state index in [2.05, 4.69) is 5.32 Å². The molecule has 1 heterocycles. The molecular weight excluding hydrogens is 216 g/mol. The molecule has 1 spiro atoms. The van der Waals surface area contributed by atoms with Gasteiger partial charge in [0.1, 0.15) is 5.54 Å². The van der Waals surface area contributed by atoms with E-state index in [4.69, 9.17) is 0 Å². The molecular formula is C13H20N2O2. The quantitative estimate of drug-likeness (QED) is 0.743. The lowest BCUT2D eigenvalue weighted by atomic mass is 9.89. The first-order valence-corrected chi connectivity index (χ1v) is 6.84. The number of nitrogens with zero attached hydrogens (tertiary/aromatic N) is 1. The van der Waals surface area contributed by atoms with Crippen LogP contribution in [0.15, 0.2) is 0 Å². The van der Waals surface area contributed by atoms with Crippen molar-refractivity contribution >= 4 is 11.8 Å². The first-order valence-electron chi connectivity index (χ1n) is 6.84. The van der Waals surface area contributed by atoms with Crippen LogP contribution in [-0.4, -0.2) is 34.8 Å². The number of carbonyl (C=O) groups excluding carboxylic acids is 2. The smallest absolute Gasteiger partial charge is 0.246 e. The molecule has 3 rings (SSSR count). The van der Waals surface area contributed by atoms with E-state index in [1.165, 1.54) is 12.8 Å². The fourth-order valence-corrected chi connectivity index (χ4v) is 3.90. The Hall–Kier alpha value is -1.06. The van der Waals surface area contributed by atoms with Gasteiger partial charge >= 0.3 is 0 Å². The van der Waals surface area contributed by atoms with Crippen LogP contribution in [0.25, 0.3) is 0 Å². The SMILES string of the molecule is O=C1CNC(=O)C2(CCCC2)N1C1CCCC1. The van der Waals surface area contributed by atoms with Gasteiger partial charge in [-0.2, -0.15) is 0 Å². The normalized spacial score (nSPS) is 29.1. The number of hydrogen-bond donors (Lipinski definition) is 1. The van der Waals surface area contributed by atoms with Crippen LogP contribution in [0.2, 0.25) is 0 Å². The van der Waals surface area contributed by atoms with Crippen LogP contribution < -0.4 is 5.32 Å². The molecule has 0 aromatic heterocycles. The molecule has 2 amide bonds. The summed E-state index contributed by atoms with van der Waals surface area (Å²) < 4.78 is 0. The molecule has 1 N–H and O–H groups in total. The van der Waals surface area contributed by atoms with Crippen molar-refractivity contribution in [2.24, 2.45) is 0 Å². The molecule has 4 nitrogen and oxygen atoms in total. The Kier molecular flexibility index (Phi) is 2.60. The van der Waals surface area contributed by atoms with Crippen molar-refractivity contribution < 1.29 is 9.59 Å². The number of carbonyl (C=O) groups is 2. The van der Waals surface area contributed by atoms with E-state index in [9.17, 15) is 9.59 Å². The lowest BCUT2D eigenvalue weighted by Gasteiger charge is -2.46. The first-order chi connectivity index (χ1) is 8.24. The highest BCUT2D eigenvalue weighted by Gasteiger charge is 2.53. The van der Waals surface area contributed by atoms with E-state index >= 15 is 0 Å². The minimum Gasteiger partial charge on any atom is -0.345 e. The van der Waals surface area contributed by atoms with Crippen molar-refractivity contribution in [1.82, 2.24) is 10.2 Å². The van der Waals surface area contributed by atoms with Gasteiger partial charge in [0.2, 0.25) is 11.8 Å². The van der Waals surface area contributed by atoms with Crippen LogP contribution in [0.4, 0.5) is 0 Å². The summed E-state index contributed by atoms with van der Waals surface area (Å²) in [6.07, 6.45) is 8.44. The molecule has 0 aromatic rings. The molecule has 2 saturated carbocycles. The largest absolute Gasteiger partial charge is 0.345 e. The third-order valence-electron chi connectivity index (χ3n) is 4.67. The molecule has 0 unspecified atom stereocenters. The van der Waals surface area contributed by atoms with E-state index in [0.717, 1.165) is 38.5 Å². The Morgan fingerprint density at radius 1 is 1.06 bits per heavy atom. The topological polar surface area (TPSA) is 49.4 Å². The van der Waals surface area contributed by atoms with E-state index in [0.29, 0.717) is 6.04 Å². The third kappa shape index (κ3) is 1.57. The van der Waals surface area contributed by atoms with Gasteiger partial charge in [-0.15, -0.1) is 0 Å². The predicted octanol–water partition coefficient (Wildman–Crippen LogP) is 1.20. The molecule has 0 aromatic carbocycles. The fraction of sp³-hybridized carbons (Fsp3) is 0.846. The summed E-state index contributed by atoms with van der Waals surface area (Å²) in [5, 5.41) is 2.79. The highest BCUT2D eigenvalue weighted by molar-refractivity contribution is 5.98. The number of nitrogens with one attached hydrogen (secondary N) is 1. The Balaban J connectivity index is 1.94. The van der Waals surface area contributed by atoms with Gasteiger partial charge in [0, 0.05) is 6.04 Å². The van der Waals surface area contributed by atoms with Crippen molar-refractivity contribution in [3.8, 4) is 0 Å². The maximum atomic E-state index is 12.2. The molecule has 1 aliphatic heterocycles. The van der Waals surface area contributed by atoms with Gasteiger partial charge < -0.3 is 10.2 Å². The van der Waals surface area contributed by atoms with Gasteiger partial charge in [-0.1, -0.05) is 25.7 Å². The minimum atomic E-state index is -0.482. The van der Waals surface area contributed by atoms with Crippen molar-refractivity contribution in [1.29, 1.82) is 0 Å². The van der Waals surface area contributed by atoms with Gasteiger partial charge in [-0.3, -0.25) is 9.59 Å². The molecule has 94 valence electrons. The van der Waals surface area contributed by atoms with Gasteiger partial charge in [0.15, 0.2) is 0 Å². The van der Waals surface area contributed by atoms with Gasteiger partial charge in [0.25, 0.3) is 0 Å². The van der Waals surface area contributed by atoms with Crippen LogP contribution in [0, 0.1) is 0 Å². The zero-order chi connectivity index (χ0) is 11.9. The zero-order valence-corrected chi connectivity index (χ0v) is 10.2. The average molecular weight is 236 g/mol. The molecule has 1 saturated heterocycles. The third-order valence-corrected chi connectivity index (χ3v) is 4.67. The van der Waals surface area contributed by atoms with Crippen LogP contribution in [0.1, 0.15) is 51.4 Å². The lowest BCUT2D eigenvalue weighted by molar-refractivity contribution is -0.156. The Bertz CT molecular complexity index is 341. The number of hydrogen-bond acceptors (Lipinski definition) is 2. The number of piperazine rings is 1. The first kappa shape index (κ1) is 11.1. The number of amides is 2. The van der Waals surface area contributed by atoms with Crippen LogP contribution in [-0.2, 0) is 9.59 Å². The molecule has 4 heteroatoms. The second kappa shape index (κ2) is 4.00. The summed E-state index contributed by atoms with van der Waals surface area (Å²) in [6.45, 7) is 0.205. The summed E-state index contributed by atoms with van der Waals surface area (Å²) in [4.78, 5) is 26.4. The molecule has 17 heavy (non-hydrogen) atoms. The predicted molar refractivity (Wildman–Crippen MR) is 63.3 cm³/mol. The average Bonchev–Trinajstić information content (AvgIpc) is 2.96. The maximum absolute atomic E-state index is 12.2. The number of rotatable bonds is 1. The Morgan fingerprint density at radius 2 is 1.71 bits per heavy atom. The molecule has 3 fully saturated rings. The van der Waals surface area contributed by atoms with E-state index in [1.807, 2.05) is 4.90 Å². The Morgan fingerprint density at radius 3 is 2.35 bits per heavy atom. The van der Waals surface area contributed by atoms with Crippen LogP contribution in [0.3, 0.4) is 0 Å². The second-order valence-corrected chi connectivity index (χ2v) is 5.62. The highest BCUT2D eigenvalue weighted by atomic mass is 16.2. The summed E-state index contributed by atoms with van der Waals surface area (Å²) in [6, 6.07) is 0.326. The highest BCUT2D eigenvalue weighted by Crippen LogP contribution is 2.41. The van der Waals surface area contributed by atoms with Crippen molar-refractivity contribution in [2.45, 2.75) is 62.9 Å². The zero-order valence-electron chi connectivity index (χ0n) is 10.2. The molecule has 0 atom stereocenters.